The lowest BCUT2D eigenvalue weighted by molar-refractivity contribution is -0.185. The third-order valence-corrected chi connectivity index (χ3v) is 3.91. The summed E-state index contributed by atoms with van der Waals surface area (Å²) in [6.07, 6.45) is -4.69. The Bertz CT molecular complexity index is 499. The van der Waals surface area contributed by atoms with Gasteiger partial charge in [0.2, 0.25) is 0 Å². The molecule has 0 bridgehead atoms. The Hall–Kier alpha value is -1.58. The van der Waals surface area contributed by atoms with Crippen LogP contribution < -0.4 is 0 Å². The van der Waals surface area contributed by atoms with Crippen molar-refractivity contribution in [1.82, 2.24) is 4.90 Å². The van der Waals surface area contributed by atoms with Crippen LogP contribution in [0, 0.1) is 17.2 Å². The normalized spacial score (nSPS) is 19.2. The molecule has 0 aliphatic carbocycles. The van der Waals surface area contributed by atoms with Gasteiger partial charge in [0.05, 0.1) is 23.7 Å². The van der Waals surface area contributed by atoms with E-state index in [1.807, 2.05) is 11.0 Å². The molecule has 0 aromatic heterocycles. The van der Waals surface area contributed by atoms with Gasteiger partial charge in [-0.1, -0.05) is 12.1 Å². The average Bonchev–Trinajstić information content (AvgIpc) is 2.47. The van der Waals surface area contributed by atoms with Crippen LogP contribution in [0.3, 0.4) is 0 Å². The zero-order valence-electron chi connectivity index (χ0n) is 11.5. The lowest BCUT2D eigenvalue weighted by Crippen LogP contribution is -2.40. The van der Waals surface area contributed by atoms with Crippen molar-refractivity contribution in [2.24, 2.45) is 5.92 Å². The molecular weight excluding hydrogens is 281 g/mol. The molecular formula is C15H17F3N2O. The van der Waals surface area contributed by atoms with E-state index in [1.54, 1.807) is 24.3 Å². The lowest BCUT2D eigenvalue weighted by atomic mass is 9.95. The summed E-state index contributed by atoms with van der Waals surface area (Å²) in [5.41, 5.74) is 1.18. The highest BCUT2D eigenvalue weighted by molar-refractivity contribution is 5.32. The summed E-state index contributed by atoms with van der Waals surface area (Å²) in [6.45, 7) is 1.01. The van der Waals surface area contributed by atoms with Gasteiger partial charge >= 0.3 is 6.18 Å². The molecule has 1 aliphatic heterocycles. The third kappa shape index (κ3) is 4.19. The predicted octanol–water partition coefficient (Wildman–Crippen LogP) is 2.87. The SMILES string of the molecule is N#Cc1ccc(C(O)CN2CCC(C(F)(F)F)CC2)cc1. The largest absolute Gasteiger partial charge is 0.391 e. The van der Waals surface area contributed by atoms with E-state index in [9.17, 15) is 18.3 Å². The Kier molecular flexibility index (Phi) is 4.86. The Balaban J connectivity index is 1.86. The molecule has 0 saturated carbocycles. The Labute approximate surface area is 121 Å². The van der Waals surface area contributed by atoms with E-state index in [-0.39, 0.29) is 12.8 Å². The molecule has 0 amide bonds. The van der Waals surface area contributed by atoms with Crippen LogP contribution in [0.2, 0.25) is 0 Å². The smallest absolute Gasteiger partial charge is 0.387 e. The van der Waals surface area contributed by atoms with Gasteiger partial charge in [0, 0.05) is 6.54 Å². The highest BCUT2D eigenvalue weighted by Gasteiger charge is 2.41. The maximum atomic E-state index is 12.6. The number of piperidine rings is 1. The molecule has 0 radical (unpaired) electrons. The Morgan fingerprint density at radius 1 is 1.24 bits per heavy atom. The molecule has 1 N–H and O–H groups in total. The minimum atomic E-state index is -4.11. The van der Waals surface area contributed by atoms with Crippen molar-refractivity contribution in [1.29, 1.82) is 5.26 Å². The molecule has 1 fully saturated rings. The number of rotatable bonds is 3. The maximum Gasteiger partial charge on any atom is 0.391 e. The van der Waals surface area contributed by atoms with Gasteiger partial charge < -0.3 is 10.0 Å². The molecule has 1 aromatic carbocycles. The summed E-state index contributed by atoms with van der Waals surface area (Å²) in [5, 5.41) is 18.8. The van der Waals surface area contributed by atoms with Crippen LogP contribution in [-0.2, 0) is 0 Å². The number of aliphatic hydroxyl groups is 1. The van der Waals surface area contributed by atoms with Crippen LogP contribution in [0.1, 0.15) is 30.1 Å². The fourth-order valence-electron chi connectivity index (χ4n) is 2.57. The fourth-order valence-corrected chi connectivity index (χ4v) is 2.57. The summed E-state index contributed by atoms with van der Waals surface area (Å²) >= 11 is 0. The van der Waals surface area contributed by atoms with Crippen molar-refractivity contribution in [3.63, 3.8) is 0 Å². The van der Waals surface area contributed by atoms with Gasteiger partial charge in [0.25, 0.3) is 0 Å². The van der Waals surface area contributed by atoms with Crippen molar-refractivity contribution >= 4 is 0 Å². The zero-order chi connectivity index (χ0) is 15.5. The molecule has 1 aliphatic rings. The van der Waals surface area contributed by atoms with Crippen LogP contribution in [0.25, 0.3) is 0 Å². The Morgan fingerprint density at radius 2 is 1.81 bits per heavy atom. The molecule has 1 heterocycles. The standard InChI is InChI=1S/C15H17F3N2O/c16-15(17,18)13-5-7-20(8-6-13)10-14(21)12-3-1-11(9-19)2-4-12/h1-4,13-14,21H,5-8,10H2. The number of nitrogens with zero attached hydrogens (tertiary/aromatic N) is 2. The predicted molar refractivity (Wildman–Crippen MR) is 71.3 cm³/mol. The molecule has 1 aromatic rings. The van der Waals surface area contributed by atoms with Crippen molar-refractivity contribution in [2.45, 2.75) is 25.1 Å². The van der Waals surface area contributed by atoms with Gasteiger partial charge in [-0.05, 0) is 43.6 Å². The van der Waals surface area contributed by atoms with Crippen molar-refractivity contribution in [2.75, 3.05) is 19.6 Å². The average molecular weight is 298 g/mol. The first-order valence-corrected chi connectivity index (χ1v) is 6.87. The van der Waals surface area contributed by atoms with Gasteiger partial charge in [-0.15, -0.1) is 0 Å². The number of aliphatic hydroxyl groups excluding tert-OH is 1. The topological polar surface area (TPSA) is 47.3 Å². The molecule has 0 spiro atoms. The van der Waals surface area contributed by atoms with Crippen LogP contribution >= 0.6 is 0 Å². The number of β-amino-alcohol motifs (C(OH)–C–C–N with tert-alkyl or cyclic N) is 1. The summed E-state index contributed by atoms with van der Waals surface area (Å²) in [7, 11) is 0. The van der Waals surface area contributed by atoms with Crippen LogP contribution in [0.5, 0.6) is 0 Å². The first kappa shape index (κ1) is 15.8. The zero-order valence-corrected chi connectivity index (χ0v) is 11.5. The Morgan fingerprint density at radius 3 is 2.29 bits per heavy atom. The molecule has 1 atom stereocenters. The molecule has 6 heteroatoms. The number of alkyl halides is 3. The summed E-state index contributed by atoms with van der Waals surface area (Å²) in [4.78, 5) is 1.85. The first-order valence-electron chi connectivity index (χ1n) is 6.87. The number of nitriles is 1. The molecule has 1 saturated heterocycles. The lowest BCUT2D eigenvalue weighted by Gasteiger charge is -2.33. The van der Waals surface area contributed by atoms with E-state index in [4.69, 9.17) is 5.26 Å². The molecule has 3 nitrogen and oxygen atoms in total. The highest BCUT2D eigenvalue weighted by Crippen LogP contribution is 2.34. The van der Waals surface area contributed by atoms with E-state index in [1.165, 1.54) is 0 Å². The minimum absolute atomic E-state index is 0.0869. The number of halogens is 3. The third-order valence-electron chi connectivity index (χ3n) is 3.91. The van der Waals surface area contributed by atoms with E-state index >= 15 is 0 Å². The maximum absolute atomic E-state index is 12.6. The van der Waals surface area contributed by atoms with Crippen molar-refractivity contribution < 1.29 is 18.3 Å². The van der Waals surface area contributed by atoms with Gasteiger partial charge in [0.1, 0.15) is 0 Å². The quantitative estimate of drug-likeness (QED) is 0.933. The van der Waals surface area contributed by atoms with Gasteiger partial charge in [-0.3, -0.25) is 0 Å². The second-order valence-electron chi connectivity index (χ2n) is 5.37. The second-order valence-corrected chi connectivity index (χ2v) is 5.37. The molecule has 2 rings (SSSR count). The fraction of sp³-hybridized carbons (Fsp3) is 0.533. The first-order chi connectivity index (χ1) is 9.90. The number of benzene rings is 1. The number of hydrogen-bond acceptors (Lipinski definition) is 3. The van der Waals surface area contributed by atoms with E-state index in [0.29, 0.717) is 30.8 Å². The van der Waals surface area contributed by atoms with Gasteiger partial charge in [-0.2, -0.15) is 18.4 Å². The second kappa shape index (κ2) is 6.46. The summed E-state index contributed by atoms with van der Waals surface area (Å²) in [6, 6.07) is 8.58. The van der Waals surface area contributed by atoms with Gasteiger partial charge in [0.15, 0.2) is 0 Å². The molecule has 1 unspecified atom stereocenters. The number of likely N-dealkylation sites (tertiary alicyclic amines) is 1. The highest BCUT2D eigenvalue weighted by atomic mass is 19.4. The van der Waals surface area contributed by atoms with E-state index in [0.717, 1.165) is 0 Å². The van der Waals surface area contributed by atoms with Crippen LogP contribution in [0.4, 0.5) is 13.2 Å². The van der Waals surface area contributed by atoms with Crippen LogP contribution in [-0.4, -0.2) is 35.8 Å². The molecule has 114 valence electrons. The summed E-state index contributed by atoms with van der Waals surface area (Å²) in [5.74, 6) is -1.22. The molecule has 21 heavy (non-hydrogen) atoms. The monoisotopic (exact) mass is 298 g/mol. The minimum Gasteiger partial charge on any atom is -0.387 e. The van der Waals surface area contributed by atoms with Crippen LogP contribution in [0.15, 0.2) is 24.3 Å². The van der Waals surface area contributed by atoms with Crippen molar-refractivity contribution in [3.05, 3.63) is 35.4 Å². The van der Waals surface area contributed by atoms with E-state index in [2.05, 4.69) is 0 Å². The number of hydrogen-bond donors (Lipinski definition) is 1. The van der Waals surface area contributed by atoms with Gasteiger partial charge in [-0.25, -0.2) is 0 Å². The van der Waals surface area contributed by atoms with E-state index < -0.39 is 18.2 Å². The summed E-state index contributed by atoms with van der Waals surface area (Å²) < 4.78 is 37.7. The van der Waals surface area contributed by atoms with Crippen molar-refractivity contribution in [3.8, 4) is 6.07 Å².